The zero-order chi connectivity index (χ0) is 16.7. The summed E-state index contributed by atoms with van der Waals surface area (Å²) in [7, 11) is 1.35. The molecule has 1 atom stereocenters. The van der Waals surface area contributed by atoms with Crippen molar-refractivity contribution < 1.29 is 14.3 Å². The van der Waals surface area contributed by atoms with E-state index in [2.05, 4.69) is 26.1 Å². The van der Waals surface area contributed by atoms with Crippen LogP contribution >= 0.6 is 0 Å². The lowest BCUT2D eigenvalue weighted by Gasteiger charge is -2.16. The van der Waals surface area contributed by atoms with Crippen LogP contribution in [0.15, 0.2) is 18.2 Å². The Bertz CT molecular complexity index is 523. The molecule has 0 aliphatic carbocycles. The normalized spacial score (nSPS) is 12.1. The van der Waals surface area contributed by atoms with E-state index < -0.39 is 5.97 Å². The maximum Gasteiger partial charge on any atom is 0.337 e. The van der Waals surface area contributed by atoms with Crippen LogP contribution in [0.5, 0.6) is 0 Å². The molecule has 22 heavy (non-hydrogen) atoms. The molecule has 4 nitrogen and oxygen atoms in total. The highest BCUT2D eigenvalue weighted by Gasteiger charge is 2.16. The summed E-state index contributed by atoms with van der Waals surface area (Å²) in [5.41, 5.74) is 2.21. The summed E-state index contributed by atoms with van der Waals surface area (Å²) >= 11 is 0. The molecule has 0 saturated heterocycles. The third-order valence-electron chi connectivity index (χ3n) is 3.59. The molecule has 0 unspecified atom stereocenters. The second-order valence-corrected chi connectivity index (χ2v) is 6.14. The first kappa shape index (κ1) is 18.2. The van der Waals surface area contributed by atoms with Gasteiger partial charge in [0.2, 0.25) is 5.91 Å². The highest BCUT2D eigenvalue weighted by molar-refractivity contribution is 5.96. The predicted molar refractivity (Wildman–Crippen MR) is 89.0 cm³/mol. The number of ether oxygens (including phenoxy) is 1. The van der Waals surface area contributed by atoms with E-state index in [0.717, 1.165) is 24.8 Å². The van der Waals surface area contributed by atoms with E-state index in [0.29, 0.717) is 17.2 Å². The second-order valence-electron chi connectivity index (χ2n) is 6.14. The highest BCUT2D eigenvalue weighted by atomic mass is 16.5. The van der Waals surface area contributed by atoms with Crippen LogP contribution in [0.2, 0.25) is 0 Å². The molecule has 0 aromatic heterocycles. The smallest absolute Gasteiger partial charge is 0.337 e. The quantitative estimate of drug-likeness (QED) is 0.773. The molecule has 1 aromatic carbocycles. The van der Waals surface area contributed by atoms with Gasteiger partial charge in [-0.25, -0.2) is 4.79 Å². The molecule has 1 amide bonds. The first-order valence-electron chi connectivity index (χ1n) is 7.91. The lowest BCUT2D eigenvalue weighted by molar-refractivity contribution is -0.119. The average Bonchev–Trinajstić information content (AvgIpc) is 2.47. The number of anilines is 1. The molecule has 0 aliphatic heterocycles. The molecule has 0 fully saturated rings. The second kappa shape index (κ2) is 8.57. The van der Waals surface area contributed by atoms with Gasteiger partial charge in [0, 0.05) is 11.6 Å². The lowest BCUT2D eigenvalue weighted by atomic mass is 9.98. The van der Waals surface area contributed by atoms with Crippen molar-refractivity contribution in [3.63, 3.8) is 0 Å². The number of nitrogens with one attached hydrogen (secondary N) is 1. The molecule has 0 bridgehead atoms. The summed E-state index contributed by atoms with van der Waals surface area (Å²) in [4.78, 5) is 24.0. The van der Waals surface area contributed by atoms with Crippen molar-refractivity contribution in [2.24, 2.45) is 11.8 Å². The number of amides is 1. The molecule has 1 rings (SSSR count). The summed E-state index contributed by atoms with van der Waals surface area (Å²) in [5.74, 6) is 0.0217. The van der Waals surface area contributed by atoms with Crippen molar-refractivity contribution in [2.45, 2.75) is 47.0 Å². The Kier molecular flexibility index (Phi) is 7.09. The number of benzene rings is 1. The van der Waals surface area contributed by atoms with Gasteiger partial charge in [-0.05, 0) is 36.5 Å². The zero-order valence-corrected chi connectivity index (χ0v) is 14.2. The molecule has 1 N–H and O–H groups in total. The van der Waals surface area contributed by atoms with E-state index in [1.165, 1.54) is 7.11 Å². The van der Waals surface area contributed by atoms with Crippen molar-refractivity contribution in [3.05, 3.63) is 29.3 Å². The van der Waals surface area contributed by atoms with Crippen molar-refractivity contribution in [1.82, 2.24) is 0 Å². The summed E-state index contributed by atoms with van der Waals surface area (Å²) in [5, 5.41) is 2.97. The highest BCUT2D eigenvalue weighted by Crippen LogP contribution is 2.23. The topological polar surface area (TPSA) is 55.4 Å². The predicted octanol–water partition coefficient (Wildman–Crippen LogP) is 4.05. The van der Waals surface area contributed by atoms with Gasteiger partial charge in [0.1, 0.15) is 0 Å². The van der Waals surface area contributed by atoms with Crippen LogP contribution in [0.1, 0.15) is 56.5 Å². The van der Waals surface area contributed by atoms with Crippen LogP contribution in [-0.2, 0) is 16.0 Å². The first-order valence-corrected chi connectivity index (χ1v) is 7.91. The molecule has 0 aliphatic rings. The summed E-state index contributed by atoms with van der Waals surface area (Å²) in [6.07, 6.45) is 2.66. The van der Waals surface area contributed by atoms with Gasteiger partial charge in [-0.2, -0.15) is 0 Å². The maximum absolute atomic E-state index is 12.3. The average molecular weight is 305 g/mol. The van der Waals surface area contributed by atoms with E-state index >= 15 is 0 Å². The fourth-order valence-electron chi connectivity index (χ4n) is 2.38. The van der Waals surface area contributed by atoms with Gasteiger partial charge in [0.25, 0.3) is 0 Å². The van der Waals surface area contributed by atoms with Crippen LogP contribution in [-0.4, -0.2) is 19.0 Å². The third-order valence-corrected chi connectivity index (χ3v) is 3.59. The molecule has 0 heterocycles. The number of hydrogen-bond donors (Lipinski definition) is 1. The van der Waals surface area contributed by atoms with E-state index in [9.17, 15) is 9.59 Å². The Morgan fingerprint density at radius 3 is 2.45 bits per heavy atom. The maximum atomic E-state index is 12.3. The van der Waals surface area contributed by atoms with E-state index in [4.69, 9.17) is 4.74 Å². The Hall–Kier alpha value is -1.84. The molecule has 1 aromatic rings. The number of methoxy groups -OCH3 is 1. The number of esters is 1. The Morgan fingerprint density at radius 1 is 1.23 bits per heavy atom. The Balaban J connectivity index is 3.05. The molecule has 0 radical (unpaired) electrons. The minimum Gasteiger partial charge on any atom is -0.465 e. The van der Waals surface area contributed by atoms with E-state index in [-0.39, 0.29) is 11.8 Å². The van der Waals surface area contributed by atoms with Gasteiger partial charge in [0.05, 0.1) is 12.7 Å². The number of rotatable bonds is 7. The number of carbonyl (C=O) groups excluding carboxylic acids is 2. The van der Waals surface area contributed by atoms with Crippen LogP contribution in [0.4, 0.5) is 5.69 Å². The standard InChI is InChI=1S/C18H27NO3/c1-6-7-13(4)17(20)19-16-11-15(18(21)22-5)9-8-14(16)10-12(2)3/h8-9,11-13H,6-7,10H2,1-5H3,(H,19,20)/t13-/m1/s1. The number of carbonyl (C=O) groups is 2. The van der Waals surface area contributed by atoms with Crippen LogP contribution < -0.4 is 5.32 Å². The van der Waals surface area contributed by atoms with Crippen LogP contribution in [0, 0.1) is 11.8 Å². The minimum absolute atomic E-state index is 0.00567. The molecule has 122 valence electrons. The van der Waals surface area contributed by atoms with E-state index in [1.54, 1.807) is 12.1 Å². The monoisotopic (exact) mass is 305 g/mol. The number of hydrogen-bond acceptors (Lipinski definition) is 3. The summed E-state index contributed by atoms with van der Waals surface area (Å²) in [6.45, 7) is 8.23. The SMILES string of the molecule is CCC[C@@H](C)C(=O)Nc1cc(C(=O)OC)ccc1CC(C)C. The minimum atomic E-state index is -0.395. The molecule has 4 heteroatoms. The van der Waals surface area contributed by atoms with Gasteiger partial charge in [-0.1, -0.05) is 40.2 Å². The summed E-state index contributed by atoms with van der Waals surface area (Å²) < 4.78 is 4.75. The van der Waals surface area contributed by atoms with Crippen molar-refractivity contribution >= 4 is 17.6 Å². The third kappa shape index (κ3) is 5.17. The fourth-order valence-corrected chi connectivity index (χ4v) is 2.38. The Morgan fingerprint density at radius 2 is 1.91 bits per heavy atom. The van der Waals surface area contributed by atoms with Crippen LogP contribution in [0.25, 0.3) is 0 Å². The van der Waals surface area contributed by atoms with Gasteiger partial charge >= 0.3 is 5.97 Å². The fraction of sp³-hybridized carbons (Fsp3) is 0.556. The first-order chi connectivity index (χ1) is 10.4. The molecule has 0 saturated carbocycles. The van der Waals surface area contributed by atoms with Crippen molar-refractivity contribution in [2.75, 3.05) is 12.4 Å². The molecule has 0 spiro atoms. The molecular formula is C18H27NO3. The van der Waals surface area contributed by atoms with Gasteiger partial charge in [0.15, 0.2) is 0 Å². The van der Waals surface area contributed by atoms with E-state index in [1.807, 2.05) is 13.0 Å². The van der Waals surface area contributed by atoms with Gasteiger partial charge in [-0.15, -0.1) is 0 Å². The van der Waals surface area contributed by atoms with Crippen LogP contribution in [0.3, 0.4) is 0 Å². The van der Waals surface area contributed by atoms with Gasteiger partial charge < -0.3 is 10.1 Å². The lowest BCUT2D eigenvalue weighted by Crippen LogP contribution is -2.21. The Labute approximate surface area is 133 Å². The van der Waals surface area contributed by atoms with Crippen molar-refractivity contribution in [1.29, 1.82) is 0 Å². The largest absolute Gasteiger partial charge is 0.465 e. The molecular weight excluding hydrogens is 278 g/mol. The van der Waals surface area contributed by atoms with Crippen molar-refractivity contribution in [3.8, 4) is 0 Å². The zero-order valence-electron chi connectivity index (χ0n) is 14.2. The summed E-state index contributed by atoms with van der Waals surface area (Å²) in [6, 6.07) is 5.35. The van der Waals surface area contributed by atoms with Gasteiger partial charge in [-0.3, -0.25) is 4.79 Å².